The second-order valence-corrected chi connectivity index (χ2v) is 6.93. The SMILES string of the molecule is COc1ccc(NC2N=C(N)N=C(N3CCOCC3)N2c2ccc(F)cc2)cc1OC. The van der Waals surface area contributed by atoms with Crippen molar-refractivity contribution in [2.24, 2.45) is 15.7 Å². The van der Waals surface area contributed by atoms with E-state index in [0.29, 0.717) is 43.8 Å². The van der Waals surface area contributed by atoms with Crippen molar-refractivity contribution in [1.82, 2.24) is 4.90 Å². The van der Waals surface area contributed by atoms with Crippen LogP contribution < -0.4 is 25.4 Å². The van der Waals surface area contributed by atoms with E-state index in [4.69, 9.17) is 19.9 Å². The van der Waals surface area contributed by atoms with Gasteiger partial charge in [-0.2, -0.15) is 4.99 Å². The van der Waals surface area contributed by atoms with Crippen LogP contribution in [0.3, 0.4) is 0 Å². The molecule has 2 aromatic rings. The van der Waals surface area contributed by atoms with Gasteiger partial charge in [-0.3, -0.25) is 4.90 Å². The van der Waals surface area contributed by atoms with Crippen molar-refractivity contribution in [3.63, 3.8) is 0 Å². The third-order valence-corrected chi connectivity index (χ3v) is 5.01. The predicted octanol–water partition coefficient (Wildman–Crippen LogP) is 2.06. The number of aliphatic imine (C=N–C) groups is 2. The average Bonchev–Trinajstić information content (AvgIpc) is 2.80. The molecular weight excluding hydrogens is 403 g/mol. The summed E-state index contributed by atoms with van der Waals surface area (Å²) >= 11 is 0. The van der Waals surface area contributed by atoms with Crippen molar-refractivity contribution < 1.29 is 18.6 Å². The summed E-state index contributed by atoms with van der Waals surface area (Å²) in [6.07, 6.45) is -0.612. The molecule has 2 heterocycles. The third kappa shape index (κ3) is 4.48. The van der Waals surface area contributed by atoms with Crippen LogP contribution >= 0.6 is 0 Å². The van der Waals surface area contributed by atoms with Crippen LogP contribution in [-0.2, 0) is 4.74 Å². The van der Waals surface area contributed by atoms with E-state index in [0.717, 1.165) is 11.4 Å². The van der Waals surface area contributed by atoms with Crippen LogP contribution in [0.15, 0.2) is 52.4 Å². The number of hydrogen-bond acceptors (Lipinski definition) is 9. The van der Waals surface area contributed by atoms with Crippen LogP contribution in [0.1, 0.15) is 0 Å². The first-order valence-electron chi connectivity index (χ1n) is 9.87. The van der Waals surface area contributed by atoms with Gasteiger partial charge < -0.3 is 30.2 Å². The summed E-state index contributed by atoms with van der Waals surface area (Å²) in [5.41, 5.74) is 7.54. The maximum atomic E-state index is 13.6. The summed E-state index contributed by atoms with van der Waals surface area (Å²) in [7, 11) is 3.16. The molecule has 1 atom stereocenters. The molecule has 1 saturated heterocycles. The predicted molar refractivity (Wildman–Crippen MR) is 117 cm³/mol. The summed E-state index contributed by atoms with van der Waals surface area (Å²) in [6, 6.07) is 11.7. The largest absolute Gasteiger partial charge is 0.493 e. The van der Waals surface area contributed by atoms with Crippen molar-refractivity contribution in [3.8, 4) is 11.5 Å². The van der Waals surface area contributed by atoms with Crippen LogP contribution in [0.25, 0.3) is 0 Å². The molecule has 0 spiro atoms. The molecule has 0 radical (unpaired) electrons. The Kier molecular flexibility index (Phi) is 6.08. The number of hydrogen-bond donors (Lipinski definition) is 2. The van der Waals surface area contributed by atoms with Gasteiger partial charge >= 0.3 is 0 Å². The van der Waals surface area contributed by atoms with Crippen LogP contribution in [-0.4, -0.2) is 63.6 Å². The fraction of sp³-hybridized carbons (Fsp3) is 0.333. The molecule has 2 aromatic carbocycles. The molecule has 1 unspecified atom stereocenters. The van der Waals surface area contributed by atoms with Crippen LogP contribution in [0.2, 0.25) is 0 Å². The average molecular weight is 428 g/mol. The monoisotopic (exact) mass is 428 g/mol. The van der Waals surface area contributed by atoms with E-state index in [2.05, 4.69) is 20.2 Å². The number of ether oxygens (including phenoxy) is 3. The summed E-state index contributed by atoms with van der Waals surface area (Å²) in [5.74, 6) is 1.65. The van der Waals surface area contributed by atoms with Crippen molar-refractivity contribution in [3.05, 3.63) is 48.3 Å². The van der Waals surface area contributed by atoms with Gasteiger partial charge in [-0.15, -0.1) is 0 Å². The Morgan fingerprint density at radius 3 is 2.45 bits per heavy atom. The van der Waals surface area contributed by atoms with Crippen molar-refractivity contribution >= 4 is 23.3 Å². The van der Waals surface area contributed by atoms with Gasteiger partial charge in [-0.25, -0.2) is 9.38 Å². The number of nitrogens with two attached hydrogens (primary N) is 1. The van der Waals surface area contributed by atoms with E-state index in [1.165, 1.54) is 12.1 Å². The van der Waals surface area contributed by atoms with Crippen LogP contribution in [0.4, 0.5) is 15.8 Å². The number of halogens is 1. The number of anilines is 2. The van der Waals surface area contributed by atoms with E-state index >= 15 is 0 Å². The first-order valence-corrected chi connectivity index (χ1v) is 9.87. The van der Waals surface area contributed by atoms with Gasteiger partial charge in [0, 0.05) is 30.5 Å². The van der Waals surface area contributed by atoms with Gasteiger partial charge in [0.25, 0.3) is 0 Å². The van der Waals surface area contributed by atoms with Gasteiger partial charge in [-0.05, 0) is 36.4 Å². The topological polar surface area (TPSA) is 96.9 Å². The van der Waals surface area contributed by atoms with E-state index in [1.54, 1.807) is 32.4 Å². The highest BCUT2D eigenvalue weighted by Crippen LogP contribution is 2.31. The Hall–Kier alpha value is -3.53. The summed E-state index contributed by atoms with van der Waals surface area (Å²) in [5, 5.41) is 3.36. The Bertz CT molecular complexity index is 976. The number of benzene rings is 2. The lowest BCUT2D eigenvalue weighted by atomic mass is 10.2. The van der Waals surface area contributed by atoms with Gasteiger partial charge in [0.2, 0.25) is 18.2 Å². The maximum Gasteiger partial charge on any atom is 0.222 e. The lowest BCUT2D eigenvalue weighted by molar-refractivity contribution is 0.0671. The minimum atomic E-state index is -0.612. The number of methoxy groups -OCH3 is 2. The molecule has 0 aliphatic carbocycles. The smallest absolute Gasteiger partial charge is 0.222 e. The molecule has 0 aromatic heterocycles. The standard InChI is InChI=1S/C21H25FN6O3/c1-29-17-8-5-15(13-18(17)30-2)24-20-25-19(23)26-21(27-9-11-31-12-10-27)28(20)16-6-3-14(22)4-7-16/h3-8,13,20,24H,9-12H2,1-2H3,(H2,23,25). The minimum absolute atomic E-state index is 0.151. The zero-order chi connectivity index (χ0) is 21.8. The number of nitrogens with one attached hydrogen (secondary N) is 1. The van der Waals surface area contributed by atoms with E-state index in [1.807, 2.05) is 17.0 Å². The normalized spacial score (nSPS) is 18.9. The second-order valence-electron chi connectivity index (χ2n) is 6.93. The zero-order valence-corrected chi connectivity index (χ0v) is 17.4. The van der Waals surface area contributed by atoms with Crippen molar-refractivity contribution in [1.29, 1.82) is 0 Å². The Morgan fingerprint density at radius 1 is 1.06 bits per heavy atom. The highest BCUT2D eigenvalue weighted by molar-refractivity contribution is 6.06. The first kappa shape index (κ1) is 20.7. The molecule has 2 aliphatic rings. The van der Waals surface area contributed by atoms with Crippen molar-refractivity contribution in [2.45, 2.75) is 6.29 Å². The summed E-state index contributed by atoms with van der Waals surface area (Å²) in [4.78, 5) is 13.0. The van der Waals surface area contributed by atoms with Gasteiger partial charge in [0.15, 0.2) is 11.5 Å². The highest BCUT2D eigenvalue weighted by Gasteiger charge is 2.32. The third-order valence-electron chi connectivity index (χ3n) is 5.01. The van der Waals surface area contributed by atoms with Gasteiger partial charge in [0.1, 0.15) is 5.82 Å². The molecule has 0 bridgehead atoms. The van der Waals surface area contributed by atoms with Gasteiger partial charge in [0.05, 0.1) is 27.4 Å². The number of morpholine rings is 1. The summed E-state index contributed by atoms with van der Waals surface area (Å²) < 4.78 is 29.8. The molecule has 9 nitrogen and oxygen atoms in total. The second kappa shape index (κ2) is 9.09. The summed E-state index contributed by atoms with van der Waals surface area (Å²) in [6.45, 7) is 2.49. The lowest BCUT2D eigenvalue weighted by Crippen LogP contribution is -2.57. The molecule has 31 heavy (non-hydrogen) atoms. The fourth-order valence-corrected chi connectivity index (χ4v) is 3.49. The zero-order valence-electron chi connectivity index (χ0n) is 17.4. The van der Waals surface area contributed by atoms with Crippen LogP contribution in [0, 0.1) is 5.82 Å². The Morgan fingerprint density at radius 2 is 1.77 bits per heavy atom. The molecule has 1 fully saturated rings. The van der Waals surface area contributed by atoms with Crippen molar-refractivity contribution in [2.75, 3.05) is 50.7 Å². The Balaban J connectivity index is 1.70. The minimum Gasteiger partial charge on any atom is -0.493 e. The van der Waals surface area contributed by atoms with E-state index in [-0.39, 0.29) is 11.8 Å². The number of rotatable bonds is 5. The quantitative estimate of drug-likeness (QED) is 0.752. The molecule has 164 valence electrons. The molecule has 0 saturated carbocycles. The molecule has 10 heteroatoms. The maximum absolute atomic E-state index is 13.6. The molecule has 4 rings (SSSR count). The van der Waals surface area contributed by atoms with E-state index in [9.17, 15) is 4.39 Å². The van der Waals surface area contributed by atoms with Crippen LogP contribution in [0.5, 0.6) is 11.5 Å². The number of guanidine groups is 2. The molecule has 0 amide bonds. The first-order chi connectivity index (χ1) is 15.1. The highest BCUT2D eigenvalue weighted by atomic mass is 19.1. The molecule has 3 N–H and O–H groups in total. The van der Waals surface area contributed by atoms with Gasteiger partial charge in [-0.1, -0.05) is 0 Å². The number of nitrogens with zero attached hydrogens (tertiary/aromatic N) is 4. The Labute approximate surface area is 179 Å². The van der Waals surface area contributed by atoms with E-state index < -0.39 is 6.29 Å². The molecular formula is C21H25FN6O3. The fourth-order valence-electron chi connectivity index (χ4n) is 3.49. The molecule has 2 aliphatic heterocycles. The lowest BCUT2D eigenvalue weighted by Gasteiger charge is -2.41.